The lowest BCUT2D eigenvalue weighted by Crippen LogP contribution is -2.44. The zero-order valence-electron chi connectivity index (χ0n) is 16.6. The summed E-state index contributed by atoms with van der Waals surface area (Å²) in [5, 5.41) is 4.92. The number of carbonyl (C=O) groups excluding carboxylic acids is 1. The molecule has 0 bridgehead atoms. The molecule has 6 heteroatoms. The summed E-state index contributed by atoms with van der Waals surface area (Å²) in [5.41, 5.74) is 2.80. The minimum Gasteiger partial charge on any atom is -0.492 e. The van der Waals surface area contributed by atoms with Crippen LogP contribution in [0.25, 0.3) is 10.9 Å². The quantitative estimate of drug-likeness (QED) is 0.622. The van der Waals surface area contributed by atoms with Gasteiger partial charge < -0.3 is 15.0 Å². The number of halogens is 1. The van der Waals surface area contributed by atoms with Crippen molar-refractivity contribution in [3.8, 4) is 5.75 Å². The molecular weight excluding hydrogens is 386 g/mol. The normalized spacial score (nSPS) is 15.5. The molecule has 1 aromatic heterocycles. The Morgan fingerprint density at radius 1 is 1.24 bits per heavy atom. The number of hydrogen-bond donors (Lipinski definition) is 2. The maximum Gasteiger partial charge on any atom is 0.253 e. The molecule has 1 amide bonds. The third-order valence-corrected chi connectivity index (χ3v) is 5.77. The highest BCUT2D eigenvalue weighted by molar-refractivity contribution is 6.32. The van der Waals surface area contributed by atoms with Gasteiger partial charge in [0.1, 0.15) is 5.75 Å². The molecule has 3 aromatic rings. The second-order valence-corrected chi connectivity index (χ2v) is 7.88. The molecule has 0 atom stereocenters. The van der Waals surface area contributed by atoms with Crippen LogP contribution < -0.4 is 10.1 Å². The number of piperidine rings is 1. The molecule has 1 saturated heterocycles. The van der Waals surface area contributed by atoms with Crippen LogP contribution in [0, 0.1) is 0 Å². The highest BCUT2D eigenvalue weighted by atomic mass is 35.5. The Morgan fingerprint density at radius 2 is 2.07 bits per heavy atom. The highest BCUT2D eigenvalue weighted by Crippen LogP contribution is 2.27. The maximum absolute atomic E-state index is 12.8. The molecule has 29 heavy (non-hydrogen) atoms. The van der Waals surface area contributed by atoms with Crippen molar-refractivity contribution in [1.29, 1.82) is 0 Å². The van der Waals surface area contributed by atoms with E-state index in [4.69, 9.17) is 16.3 Å². The van der Waals surface area contributed by atoms with Gasteiger partial charge in [0.05, 0.1) is 22.7 Å². The summed E-state index contributed by atoms with van der Waals surface area (Å²) in [6.45, 7) is 5.32. The van der Waals surface area contributed by atoms with Gasteiger partial charge in [-0.3, -0.25) is 9.69 Å². The van der Waals surface area contributed by atoms with Gasteiger partial charge in [0, 0.05) is 37.3 Å². The minimum absolute atomic E-state index is 0.00411. The van der Waals surface area contributed by atoms with E-state index < -0.39 is 0 Å². The number of likely N-dealkylation sites (tertiary alicyclic amines) is 1. The van der Waals surface area contributed by atoms with E-state index in [2.05, 4.69) is 21.3 Å². The van der Waals surface area contributed by atoms with Crippen LogP contribution >= 0.6 is 11.6 Å². The number of nitrogens with zero attached hydrogens (tertiary/aromatic N) is 1. The number of nitrogens with one attached hydrogen (secondary N) is 2. The Morgan fingerprint density at radius 3 is 2.86 bits per heavy atom. The maximum atomic E-state index is 12.8. The molecule has 1 fully saturated rings. The number of aromatic amines is 1. The predicted molar refractivity (Wildman–Crippen MR) is 117 cm³/mol. The zero-order chi connectivity index (χ0) is 20.2. The summed E-state index contributed by atoms with van der Waals surface area (Å²) in [5.74, 6) is 0.739. The lowest BCUT2D eigenvalue weighted by atomic mass is 10.0. The van der Waals surface area contributed by atoms with Crippen molar-refractivity contribution < 1.29 is 9.53 Å². The summed E-state index contributed by atoms with van der Waals surface area (Å²) in [7, 11) is 0. The highest BCUT2D eigenvalue weighted by Gasteiger charge is 2.22. The van der Waals surface area contributed by atoms with Crippen molar-refractivity contribution >= 4 is 28.4 Å². The van der Waals surface area contributed by atoms with E-state index in [0.29, 0.717) is 17.2 Å². The van der Waals surface area contributed by atoms with Gasteiger partial charge in [0.15, 0.2) is 0 Å². The summed E-state index contributed by atoms with van der Waals surface area (Å²) in [6.07, 6.45) is 3.75. The van der Waals surface area contributed by atoms with E-state index in [9.17, 15) is 4.79 Å². The third kappa shape index (κ3) is 4.57. The van der Waals surface area contributed by atoms with Crippen LogP contribution in [0.15, 0.2) is 48.7 Å². The van der Waals surface area contributed by atoms with Crippen molar-refractivity contribution in [2.75, 3.05) is 19.7 Å². The van der Waals surface area contributed by atoms with Crippen LogP contribution in [-0.4, -0.2) is 41.5 Å². The van der Waals surface area contributed by atoms with Gasteiger partial charge in [-0.25, -0.2) is 0 Å². The van der Waals surface area contributed by atoms with E-state index >= 15 is 0 Å². The first-order valence-electron chi connectivity index (χ1n) is 10.1. The van der Waals surface area contributed by atoms with Crippen LogP contribution in [0.5, 0.6) is 5.75 Å². The number of ether oxygens (including phenoxy) is 1. The molecule has 2 heterocycles. The largest absolute Gasteiger partial charge is 0.492 e. The van der Waals surface area contributed by atoms with E-state index in [1.54, 1.807) is 0 Å². The Labute approximate surface area is 176 Å². The van der Waals surface area contributed by atoms with Gasteiger partial charge >= 0.3 is 0 Å². The standard InChI is InChI=1S/C23H26ClN3O2/c1-2-29-21-14-16(6-7-20(21)24)15-27-12-9-18(10-13-27)26-23(28)19-5-3-4-17-8-11-25-22(17)19/h3-8,11,14,18,25H,2,9-10,12-13,15H2,1H3,(H,26,28). The fourth-order valence-electron chi connectivity index (χ4n) is 3.94. The van der Waals surface area contributed by atoms with Crippen LogP contribution in [0.2, 0.25) is 5.02 Å². The van der Waals surface area contributed by atoms with Crippen molar-refractivity contribution in [3.63, 3.8) is 0 Å². The van der Waals surface area contributed by atoms with Crippen molar-refractivity contribution in [2.24, 2.45) is 0 Å². The molecule has 0 aliphatic carbocycles. The van der Waals surface area contributed by atoms with Crippen LogP contribution in [-0.2, 0) is 6.54 Å². The lowest BCUT2D eigenvalue weighted by Gasteiger charge is -2.32. The number of hydrogen-bond acceptors (Lipinski definition) is 3. The Hall–Kier alpha value is -2.50. The monoisotopic (exact) mass is 411 g/mol. The molecule has 4 rings (SSSR count). The van der Waals surface area contributed by atoms with Crippen LogP contribution in [0.1, 0.15) is 35.7 Å². The fourth-order valence-corrected chi connectivity index (χ4v) is 4.12. The zero-order valence-corrected chi connectivity index (χ0v) is 17.3. The number of para-hydroxylation sites is 1. The summed E-state index contributed by atoms with van der Waals surface area (Å²) in [4.78, 5) is 18.3. The van der Waals surface area contributed by atoms with Gasteiger partial charge in [-0.1, -0.05) is 29.8 Å². The molecule has 152 valence electrons. The topological polar surface area (TPSA) is 57.4 Å². The first-order valence-corrected chi connectivity index (χ1v) is 10.5. The van der Waals surface area contributed by atoms with E-state index in [1.165, 1.54) is 5.56 Å². The van der Waals surface area contributed by atoms with Gasteiger partial charge in [-0.05, 0) is 49.6 Å². The number of aromatic nitrogens is 1. The molecular formula is C23H26ClN3O2. The molecule has 0 saturated carbocycles. The molecule has 2 N–H and O–H groups in total. The smallest absolute Gasteiger partial charge is 0.253 e. The first-order chi connectivity index (χ1) is 14.1. The SMILES string of the molecule is CCOc1cc(CN2CCC(NC(=O)c3cccc4cc[nH]c34)CC2)ccc1Cl. The second-order valence-electron chi connectivity index (χ2n) is 7.47. The van der Waals surface area contributed by atoms with Gasteiger partial charge in [-0.15, -0.1) is 0 Å². The number of fused-ring (bicyclic) bond motifs is 1. The number of benzene rings is 2. The minimum atomic E-state index is -0.00411. The van der Waals surface area contributed by atoms with Gasteiger partial charge in [0.2, 0.25) is 0 Å². The summed E-state index contributed by atoms with van der Waals surface area (Å²) in [6, 6.07) is 14.0. The van der Waals surface area contributed by atoms with Gasteiger partial charge in [-0.2, -0.15) is 0 Å². The Bertz CT molecular complexity index is 993. The average Bonchev–Trinajstić information content (AvgIpc) is 3.21. The molecule has 0 radical (unpaired) electrons. The Kier molecular flexibility index (Phi) is 6.07. The molecule has 5 nitrogen and oxygen atoms in total. The third-order valence-electron chi connectivity index (χ3n) is 5.46. The number of amides is 1. The lowest BCUT2D eigenvalue weighted by molar-refractivity contribution is 0.0910. The Balaban J connectivity index is 1.32. The van der Waals surface area contributed by atoms with Crippen LogP contribution in [0.4, 0.5) is 0 Å². The summed E-state index contributed by atoms with van der Waals surface area (Å²) < 4.78 is 5.59. The number of H-pyrrole nitrogens is 1. The predicted octanol–water partition coefficient (Wildman–Crippen LogP) is 4.61. The first kappa shape index (κ1) is 19.8. The van der Waals surface area contributed by atoms with Crippen LogP contribution in [0.3, 0.4) is 0 Å². The molecule has 1 aliphatic heterocycles. The van der Waals surface area contributed by atoms with E-state index in [0.717, 1.165) is 49.1 Å². The molecule has 0 spiro atoms. The molecule has 2 aromatic carbocycles. The number of rotatable bonds is 6. The van der Waals surface area contributed by atoms with Gasteiger partial charge in [0.25, 0.3) is 5.91 Å². The average molecular weight is 412 g/mol. The van der Waals surface area contributed by atoms with Crippen molar-refractivity contribution in [1.82, 2.24) is 15.2 Å². The fraction of sp³-hybridized carbons (Fsp3) is 0.348. The molecule has 0 unspecified atom stereocenters. The van der Waals surface area contributed by atoms with Crippen molar-refractivity contribution in [3.05, 3.63) is 64.8 Å². The number of carbonyl (C=O) groups is 1. The second kappa shape index (κ2) is 8.89. The van der Waals surface area contributed by atoms with E-state index in [1.807, 2.05) is 49.5 Å². The van der Waals surface area contributed by atoms with Crippen molar-refractivity contribution in [2.45, 2.75) is 32.4 Å². The molecule has 1 aliphatic rings. The van der Waals surface area contributed by atoms with E-state index in [-0.39, 0.29) is 11.9 Å². The summed E-state index contributed by atoms with van der Waals surface area (Å²) >= 11 is 6.18.